The number of likely N-dealkylation sites (tertiary alicyclic amines) is 1. The van der Waals surface area contributed by atoms with E-state index in [0.717, 1.165) is 42.9 Å². The van der Waals surface area contributed by atoms with Crippen molar-refractivity contribution in [3.63, 3.8) is 0 Å². The molecule has 2 aromatic rings. The Morgan fingerprint density at radius 3 is 1.99 bits per heavy atom. The van der Waals surface area contributed by atoms with E-state index in [1.54, 1.807) is 42.5 Å². The summed E-state index contributed by atoms with van der Waals surface area (Å²) >= 11 is 0. The van der Waals surface area contributed by atoms with E-state index < -0.39 is 114 Å². The van der Waals surface area contributed by atoms with Crippen LogP contribution in [0, 0.1) is 5.92 Å². The number of primary amides is 2. The Bertz CT molecular complexity index is 2270. The van der Waals surface area contributed by atoms with Gasteiger partial charge in [-0.2, -0.15) is 0 Å². The number of phenolic OH excluding ortho intramolecular Hbond substituents is 1. The second-order valence-electron chi connectivity index (χ2n) is 18.9. The maximum absolute atomic E-state index is 14.6. The summed E-state index contributed by atoms with van der Waals surface area (Å²) in [5.41, 5.74) is 17.8. The Balaban J connectivity index is 1.46. The summed E-state index contributed by atoms with van der Waals surface area (Å²) in [6.45, 7) is -0.0243. The molecule has 5 rings (SSSR count). The van der Waals surface area contributed by atoms with Gasteiger partial charge in [0.25, 0.3) is 0 Å². The maximum Gasteiger partial charge on any atom is 0.246 e. The molecule has 7 atom stereocenters. The molecule has 0 bridgehead atoms. The fraction of sp³-hybridized carbons (Fsp3) is 0.560. The number of nitrogens with two attached hydrogens (primary N) is 3. The van der Waals surface area contributed by atoms with Crippen LogP contribution in [0.15, 0.2) is 54.6 Å². The SMILES string of the molecule is NCCCCC(NC(=O)C1CCCN1C(=O)C1CSSCCC(=O)NC(Cc2ccc(O)cc2)C(=O)NC(Cc2ccccc2)C(=O)NC(CC2CCCCC2)C(=O)NC(CC(N)=O)C(=O)N1)C(=O)NCC(N)=O. The molecule has 3 fully saturated rings. The van der Waals surface area contributed by atoms with Crippen LogP contribution >= 0.6 is 21.6 Å². The number of phenols is 1. The number of aromatic hydroxyl groups is 1. The largest absolute Gasteiger partial charge is 0.508 e. The second kappa shape index (κ2) is 30.1. The molecule has 14 N–H and O–H groups in total. The van der Waals surface area contributed by atoms with Gasteiger partial charge in [-0.3, -0.25) is 47.9 Å². The first kappa shape index (κ1) is 58.5. The minimum Gasteiger partial charge on any atom is -0.508 e. The van der Waals surface area contributed by atoms with Gasteiger partial charge in [-0.25, -0.2) is 0 Å². The van der Waals surface area contributed by atoms with Gasteiger partial charge in [0.2, 0.25) is 59.1 Å². The van der Waals surface area contributed by atoms with E-state index in [4.69, 9.17) is 17.2 Å². The molecular formula is C50H71N11O11S2. The van der Waals surface area contributed by atoms with Crippen molar-refractivity contribution in [2.75, 3.05) is 31.1 Å². The van der Waals surface area contributed by atoms with Crippen molar-refractivity contribution >= 4 is 80.7 Å². The Morgan fingerprint density at radius 1 is 0.703 bits per heavy atom. The third kappa shape index (κ3) is 19.1. The van der Waals surface area contributed by atoms with E-state index in [0.29, 0.717) is 36.9 Å². The first-order valence-corrected chi connectivity index (χ1v) is 27.7. The summed E-state index contributed by atoms with van der Waals surface area (Å²) < 4.78 is 0. The van der Waals surface area contributed by atoms with Crippen LogP contribution in [0.25, 0.3) is 0 Å². The van der Waals surface area contributed by atoms with E-state index >= 15 is 0 Å². The van der Waals surface area contributed by atoms with Crippen molar-refractivity contribution in [3.8, 4) is 5.75 Å². The van der Waals surface area contributed by atoms with E-state index in [2.05, 4.69) is 37.2 Å². The highest BCUT2D eigenvalue weighted by Gasteiger charge is 2.41. The zero-order valence-corrected chi connectivity index (χ0v) is 43.1. The minimum absolute atomic E-state index is 0.00178. The summed E-state index contributed by atoms with van der Waals surface area (Å²) in [6.07, 6.45) is 5.46. The van der Waals surface area contributed by atoms with Gasteiger partial charge in [0.1, 0.15) is 48.0 Å². The molecule has 10 amide bonds. The molecule has 24 heteroatoms. The van der Waals surface area contributed by atoms with E-state index in [-0.39, 0.29) is 68.2 Å². The molecule has 74 heavy (non-hydrogen) atoms. The molecule has 3 aliphatic rings. The van der Waals surface area contributed by atoms with Crippen molar-refractivity contribution in [2.45, 2.75) is 139 Å². The lowest BCUT2D eigenvalue weighted by Crippen LogP contribution is -2.61. The lowest BCUT2D eigenvalue weighted by atomic mass is 9.84. The number of nitrogens with one attached hydrogen (secondary N) is 7. The van der Waals surface area contributed by atoms with Gasteiger partial charge in [0.15, 0.2) is 0 Å². The molecule has 1 aliphatic carbocycles. The molecular weight excluding hydrogens is 995 g/mol. The van der Waals surface area contributed by atoms with Gasteiger partial charge < -0.3 is 64.4 Å². The number of nitrogens with zero attached hydrogens (tertiary/aromatic N) is 1. The zero-order chi connectivity index (χ0) is 53.6. The number of hydrogen-bond acceptors (Lipinski definition) is 14. The van der Waals surface area contributed by atoms with Crippen molar-refractivity contribution < 1.29 is 53.1 Å². The molecule has 1 saturated carbocycles. The van der Waals surface area contributed by atoms with Crippen LogP contribution in [0.1, 0.15) is 94.6 Å². The maximum atomic E-state index is 14.6. The minimum atomic E-state index is -1.63. The Kier molecular flexibility index (Phi) is 23.8. The molecule has 0 spiro atoms. The number of benzene rings is 2. The zero-order valence-electron chi connectivity index (χ0n) is 41.5. The van der Waals surface area contributed by atoms with Gasteiger partial charge in [0, 0.05) is 37.3 Å². The Hall–Kier alpha value is -6.40. The van der Waals surface area contributed by atoms with Crippen LogP contribution < -0.4 is 54.4 Å². The molecule has 2 aromatic carbocycles. The van der Waals surface area contributed by atoms with Crippen LogP contribution in [0.4, 0.5) is 0 Å². The quantitative estimate of drug-likeness (QED) is 0.0659. The third-order valence-corrected chi connectivity index (χ3v) is 15.5. The van der Waals surface area contributed by atoms with Gasteiger partial charge in [0.05, 0.1) is 13.0 Å². The fourth-order valence-corrected chi connectivity index (χ4v) is 11.3. The molecule has 2 saturated heterocycles. The molecule has 2 heterocycles. The number of rotatable bonds is 18. The number of unbranched alkanes of at least 4 members (excludes halogenated alkanes) is 1. The van der Waals surface area contributed by atoms with E-state index in [9.17, 15) is 53.1 Å². The highest BCUT2D eigenvalue weighted by molar-refractivity contribution is 8.76. The standard InChI is InChI=1S/C50H71N11O11S2/c51-21-8-7-14-34(44(66)54-28-42(53)64)56-49(71)40-15-9-22-61(40)50(72)39-29-74-73-23-20-43(65)55-35(26-32-16-18-33(62)19-17-32)45(67)57-36(24-30-10-3-1-4-11-30)46(68)58-37(25-31-12-5-2-6-13-31)47(69)59-38(27-41(52)63)48(70)60-39/h1,3-4,10-11,16-19,31,34-40,62H,2,5-9,12-15,20-29,51H2,(H2,52,63)(H2,53,64)(H,54,66)(H,55,65)(H,56,71)(H,57,67)(H,58,68)(H,59,69)(H,60,70). The molecule has 22 nitrogen and oxygen atoms in total. The van der Waals surface area contributed by atoms with Crippen LogP contribution in [-0.2, 0) is 60.8 Å². The highest BCUT2D eigenvalue weighted by atomic mass is 33.1. The molecule has 0 aromatic heterocycles. The first-order valence-electron chi connectivity index (χ1n) is 25.2. The molecule has 0 radical (unpaired) electrons. The average molecular weight is 1070 g/mol. The number of carbonyl (C=O) groups excluding carboxylic acids is 10. The van der Waals surface area contributed by atoms with Crippen LogP contribution in [-0.4, -0.2) is 143 Å². The van der Waals surface area contributed by atoms with Crippen LogP contribution in [0.2, 0.25) is 0 Å². The van der Waals surface area contributed by atoms with Crippen molar-refractivity contribution in [1.82, 2.24) is 42.1 Å². The smallest absolute Gasteiger partial charge is 0.246 e. The molecule has 7 unspecified atom stereocenters. The topological polar surface area (TPSA) is 356 Å². The highest BCUT2D eigenvalue weighted by Crippen LogP contribution is 2.29. The summed E-state index contributed by atoms with van der Waals surface area (Å²) in [6, 6.07) is 6.11. The van der Waals surface area contributed by atoms with Crippen molar-refractivity contribution in [3.05, 3.63) is 65.7 Å². The van der Waals surface area contributed by atoms with E-state index in [1.165, 1.54) is 27.8 Å². The lowest BCUT2D eigenvalue weighted by Gasteiger charge is -2.31. The van der Waals surface area contributed by atoms with Gasteiger partial charge in [-0.15, -0.1) is 0 Å². The third-order valence-electron chi connectivity index (χ3n) is 13.1. The van der Waals surface area contributed by atoms with Gasteiger partial charge in [-0.05, 0) is 74.2 Å². The monoisotopic (exact) mass is 1070 g/mol. The molecule has 2 aliphatic heterocycles. The predicted octanol–water partition coefficient (Wildman–Crippen LogP) is -0.561. The van der Waals surface area contributed by atoms with E-state index in [1.807, 2.05) is 0 Å². The van der Waals surface area contributed by atoms with Crippen molar-refractivity contribution in [1.29, 1.82) is 0 Å². The summed E-state index contributed by atoms with van der Waals surface area (Å²) in [5, 5.41) is 28.8. The Morgan fingerprint density at radius 2 is 1.32 bits per heavy atom. The van der Waals surface area contributed by atoms with Crippen LogP contribution in [0.3, 0.4) is 0 Å². The van der Waals surface area contributed by atoms with Crippen LogP contribution in [0.5, 0.6) is 5.75 Å². The normalized spacial score (nSPS) is 23.4. The van der Waals surface area contributed by atoms with Gasteiger partial charge >= 0.3 is 0 Å². The summed E-state index contributed by atoms with van der Waals surface area (Å²) in [4.78, 5) is 138. The second-order valence-corrected chi connectivity index (χ2v) is 21.5. The predicted molar refractivity (Wildman–Crippen MR) is 278 cm³/mol. The van der Waals surface area contributed by atoms with Gasteiger partial charge in [-0.1, -0.05) is 96.2 Å². The lowest BCUT2D eigenvalue weighted by molar-refractivity contribution is -0.142. The summed E-state index contributed by atoms with van der Waals surface area (Å²) in [5.74, 6) is -7.37. The summed E-state index contributed by atoms with van der Waals surface area (Å²) in [7, 11) is 2.32. The van der Waals surface area contributed by atoms with Crippen molar-refractivity contribution in [2.24, 2.45) is 23.1 Å². The first-order chi connectivity index (χ1) is 35.5. The fourth-order valence-electron chi connectivity index (χ4n) is 9.20. The molecule has 404 valence electrons. The Labute approximate surface area is 438 Å². The average Bonchev–Trinajstić information content (AvgIpc) is 3.87. The number of carbonyl (C=O) groups is 10. The number of amides is 10. The number of hydrogen-bond donors (Lipinski definition) is 11.